The topological polar surface area (TPSA) is 26.0 Å². The highest BCUT2D eigenvalue weighted by atomic mass is 35.5. The molecule has 0 amide bonds. The van der Waals surface area contributed by atoms with Crippen LogP contribution in [0.15, 0.2) is 18.2 Å². The Morgan fingerprint density at radius 3 is 2.47 bits per heavy atom. The highest BCUT2D eigenvalue weighted by molar-refractivity contribution is 7.99. The van der Waals surface area contributed by atoms with Gasteiger partial charge >= 0.3 is 0 Å². The van der Waals surface area contributed by atoms with Gasteiger partial charge in [-0.15, -0.1) is 0 Å². The van der Waals surface area contributed by atoms with E-state index in [1.807, 2.05) is 0 Å². The van der Waals surface area contributed by atoms with Crippen molar-refractivity contribution >= 4 is 23.4 Å². The molecule has 2 aliphatic rings. The number of halogens is 1. The Kier molecular flexibility index (Phi) is 4.11. The van der Waals surface area contributed by atoms with Crippen molar-refractivity contribution in [1.29, 1.82) is 0 Å². The van der Waals surface area contributed by atoms with Crippen LogP contribution in [0.4, 0.5) is 0 Å². The van der Waals surface area contributed by atoms with Gasteiger partial charge in [0.2, 0.25) is 0 Å². The molecule has 104 valence electrons. The van der Waals surface area contributed by atoms with Crippen LogP contribution >= 0.6 is 23.4 Å². The molecular weight excluding hydrogens is 274 g/mol. The van der Waals surface area contributed by atoms with Gasteiger partial charge in [-0.05, 0) is 60.3 Å². The summed E-state index contributed by atoms with van der Waals surface area (Å²) in [4.78, 5) is 0. The summed E-state index contributed by atoms with van der Waals surface area (Å²) >= 11 is 8.60. The van der Waals surface area contributed by atoms with Crippen molar-refractivity contribution in [2.45, 2.75) is 50.0 Å². The molecule has 0 atom stereocenters. The van der Waals surface area contributed by atoms with Gasteiger partial charge in [0.15, 0.2) is 0 Å². The van der Waals surface area contributed by atoms with Crippen LogP contribution in [0.3, 0.4) is 0 Å². The van der Waals surface area contributed by atoms with Gasteiger partial charge < -0.3 is 5.73 Å². The summed E-state index contributed by atoms with van der Waals surface area (Å²) in [6, 6.07) is 6.61. The summed E-state index contributed by atoms with van der Waals surface area (Å²) in [6.07, 6.45) is 7.21. The quantitative estimate of drug-likeness (QED) is 0.857. The van der Waals surface area contributed by atoms with E-state index in [4.69, 9.17) is 17.3 Å². The summed E-state index contributed by atoms with van der Waals surface area (Å²) in [5, 5.41) is 0.936. The molecule has 0 radical (unpaired) electrons. The minimum absolute atomic E-state index is 0.120. The number of benzene rings is 1. The minimum atomic E-state index is -0.120. The normalized spacial score (nSPS) is 23.7. The van der Waals surface area contributed by atoms with Gasteiger partial charge in [-0.2, -0.15) is 11.8 Å². The first-order valence-corrected chi connectivity index (χ1v) is 8.89. The highest BCUT2D eigenvalue weighted by Gasteiger charge is 2.31. The van der Waals surface area contributed by atoms with Crippen LogP contribution in [-0.2, 0) is 5.54 Å². The molecule has 0 unspecified atom stereocenters. The summed E-state index contributed by atoms with van der Waals surface area (Å²) in [5.41, 5.74) is 8.98. The molecule has 2 N–H and O–H groups in total. The van der Waals surface area contributed by atoms with E-state index in [1.54, 1.807) is 0 Å². The monoisotopic (exact) mass is 295 g/mol. The number of rotatable bonds is 2. The lowest BCUT2D eigenvalue weighted by Gasteiger charge is -2.27. The van der Waals surface area contributed by atoms with Gasteiger partial charge in [0.05, 0.1) is 0 Å². The smallest absolute Gasteiger partial charge is 0.0444 e. The predicted molar refractivity (Wildman–Crippen MR) is 85.1 cm³/mol. The molecule has 0 bridgehead atoms. The van der Waals surface area contributed by atoms with E-state index in [2.05, 4.69) is 30.0 Å². The molecular formula is C16H22ClNS. The fourth-order valence-electron chi connectivity index (χ4n) is 3.47. The molecule has 1 nitrogen and oxygen atoms in total. The second-order valence-corrected chi connectivity index (χ2v) is 7.62. The first kappa shape index (κ1) is 13.8. The van der Waals surface area contributed by atoms with Crippen LogP contribution in [0.1, 0.15) is 55.6 Å². The van der Waals surface area contributed by atoms with E-state index < -0.39 is 0 Å². The third kappa shape index (κ3) is 2.81. The van der Waals surface area contributed by atoms with Gasteiger partial charge in [-0.3, -0.25) is 0 Å². The zero-order valence-corrected chi connectivity index (χ0v) is 12.9. The maximum Gasteiger partial charge on any atom is 0.0444 e. The number of nitrogens with two attached hydrogens (primary N) is 1. The Morgan fingerprint density at radius 2 is 1.84 bits per heavy atom. The zero-order valence-electron chi connectivity index (χ0n) is 11.3. The Morgan fingerprint density at radius 1 is 1.16 bits per heavy atom. The van der Waals surface area contributed by atoms with E-state index in [1.165, 1.54) is 48.3 Å². The van der Waals surface area contributed by atoms with Crippen molar-refractivity contribution in [2.75, 3.05) is 11.5 Å². The molecule has 1 aromatic carbocycles. The average molecular weight is 296 g/mol. The molecule has 3 rings (SSSR count). The first-order chi connectivity index (χ1) is 9.19. The van der Waals surface area contributed by atoms with Crippen LogP contribution in [0, 0.1) is 0 Å². The third-order valence-electron chi connectivity index (χ3n) is 4.73. The lowest BCUT2D eigenvalue weighted by Crippen LogP contribution is -2.33. The molecule has 0 spiro atoms. The van der Waals surface area contributed by atoms with E-state index in [0.717, 1.165) is 17.9 Å². The molecule has 3 heteroatoms. The molecule has 1 aliphatic carbocycles. The van der Waals surface area contributed by atoms with Gasteiger partial charge in [0.1, 0.15) is 0 Å². The third-order valence-corrected chi connectivity index (χ3v) is 6.11. The zero-order chi connectivity index (χ0) is 13.3. The van der Waals surface area contributed by atoms with Gasteiger partial charge in [0, 0.05) is 10.6 Å². The standard InChI is InChI=1S/C16H22ClNS/c17-15-11-13(16(18)7-1-2-8-16)3-4-14(15)12-5-9-19-10-6-12/h3-4,11-12H,1-2,5-10,18H2. The van der Waals surface area contributed by atoms with Crippen LogP contribution < -0.4 is 5.73 Å². The van der Waals surface area contributed by atoms with Crippen molar-refractivity contribution in [2.24, 2.45) is 5.73 Å². The van der Waals surface area contributed by atoms with E-state index in [9.17, 15) is 0 Å². The largest absolute Gasteiger partial charge is 0.321 e. The van der Waals surface area contributed by atoms with Crippen molar-refractivity contribution in [1.82, 2.24) is 0 Å². The van der Waals surface area contributed by atoms with Crippen molar-refractivity contribution < 1.29 is 0 Å². The Labute approximate surface area is 125 Å². The maximum atomic E-state index is 6.54. The molecule has 1 aromatic rings. The molecule has 1 saturated carbocycles. The Hall–Kier alpha value is -0.180. The van der Waals surface area contributed by atoms with Crippen LogP contribution in [-0.4, -0.2) is 11.5 Å². The van der Waals surface area contributed by atoms with Gasteiger partial charge in [-0.25, -0.2) is 0 Å². The summed E-state index contributed by atoms with van der Waals surface area (Å²) in [7, 11) is 0. The second kappa shape index (κ2) is 5.67. The van der Waals surface area contributed by atoms with E-state index in [-0.39, 0.29) is 5.54 Å². The number of hydrogen-bond acceptors (Lipinski definition) is 2. The van der Waals surface area contributed by atoms with Crippen molar-refractivity contribution in [3.8, 4) is 0 Å². The van der Waals surface area contributed by atoms with Crippen molar-refractivity contribution in [3.05, 3.63) is 34.3 Å². The molecule has 1 aliphatic heterocycles. The van der Waals surface area contributed by atoms with E-state index >= 15 is 0 Å². The van der Waals surface area contributed by atoms with Crippen molar-refractivity contribution in [3.63, 3.8) is 0 Å². The number of thioether (sulfide) groups is 1. The lowest BCUT2D eigenvalue weighted by atomic mass is 9.86. The molecule has 0 aromatic heterocycles. The van der Waals surface area contributed by atoms with Crippen LogP contribution in [0.5, 0.6) is 0 Å². The number of hydrogen-bond donors (Lipinski definition) is 1. The Balaban J connectivity index is 1.85. The molecule has 2 fully saturated rings. The van der Waals surface area contributed by atoms with Gasteiger partial charge in [0.25, 0.3) is 0 Å². The second-order valence-electron chi connectivity index (χ2n) is 5.99. The SMILES string of the molecule is NC1(c2ccc(C3CCSCC3)c(Cl)c2)CCCC1. The highest BCUT2D eigenvalue weighted by Crippen LogP contribution is 2.40. The molecule has 1 heterocycles. The summed E-state index contributed by atoms with van der Waals surface area (Å²) in [5.74, 6) is 3.19. The van der Waals surface area contributed by atoms with Crippen LogP contribution in [0.25, 0.3) is 0 Å². The van der Waals surface area contributed by atoms with Gasteiger partial charge in [-0.1, -0.05) is 36.6 Å². The molecule has 1 saturated heterocycles. The molecule has 19 heavy (non-hydrogen) atoms. The summed E-state index contributed by atoms with van der Waals surface area (Å²) in [6.45, 7) is 0. The summed E-state index contributed by atoms with van der Waals surface area (Å²) < 4.78 is 0. The lowest BCUT2D eigenvalue weighted by molar-refractivity contribution is 0.461. The minimum Gasteiger partial charge on any atom is -0.321 e. The van der Waals surface area contributed by atoms with E-state index in [0.29, 0.717) is 5.92 Å². The maximum absolute atomic E-state index is 6.54. The average Bonchev–Trinajstić information content (AvgIpc) is 2.88. The fourth-order valence-corrected chi connectivity index (χ4v) is 4.91. The van der Waals surface area contributed by atoms with Crippen LogP contribution in [0.2, 0.25) is 5.02 Å². The first-order valence-electron chi connectivity index (χ1n) is 7.36. The Bertz CT molecular complexity index is 448. The fraction of sp³-hybridized carbons (Fsp3) is 0.625. The predicted octanol–water partition coefficient (Wildman–Crippen LogP) is 4.68.